The monoisotopic (exact) mass is 329 g/mol. The smallest absolute Gasteiger partial charge is 0.357 e. The van der Waals surface area contributed by atoms with Gasteiger partial charge in [0.2, 0.25) is 0 Å². The summed E-state index contributed by atoms with van der Waals surface area (Å²) in [5.74, 6) is -0.936. The van der Waals surface area contributed by atoms with Gasteiger partial charge in [0, 0.05) is 0 Å². The molecule has 0 fully saturated rings. The van der Waals surface area contributed by atoms with Crippen LogP contribution in [0.15, 0.2) is 36.4 Å². The summed E-state index contributed by atoms with van der Waals surface area (Å²) in [4.78, 5) is 28.2. The van der Waals surface area contributed by atoms with Crippen LogP contribution in [0.4, 0.5) is 0 Å². The number of carbonyl (C=O) groups is 2. The quantitative estimate of drug-likeness (QED) is 0.773. The van der Waals surface area contributed by atoms with E-state index in [-0.39, 0.29) is 29.8 Å². The Morgan fingerprint density at radius 1 is 1.12 bits per heavy atom. The second kappa shape index (κ2) is 7.90. The van der Waals surface area contributed by atoms with Crippen molar-refractivity contribution < 1.29 is 19.1 Å². The Labute approximate surface area is 142 Å². The summed E-state index contributed by atoms with van der Waals surface area (Å²) < 4.78 is 10.4. The molecule has 1 heterocycles. The largest absolute Gasteiger partial charge is 0.463 e. The lowest BCUT2D eigenvalue weighted by molar-refractivity contribution is -0.150. The van der Waals surface area contributed by atoms with Crippen LogP contribution in [0.3, 0.4) is 0 Å². The van der Waals surface area contributed by atoms with Crippen molar-refractivity contribution in [3.05, 3.63) is 47.8 Å². The number of allylic oxidation sites excluding steroid dienone is 3. The first-order valence-electron chi connectivity index (χ1n) is 8.14. The van der Waals surface area contributed by atoms with Gasteiger partial charge in [-0.25, -0.2) is 9.78 Å². The molecule has 1 aromatic rings. The zero-order valence-corrected chi connectivity index (χ0v) is 14.5. The summed E-state index contributed by atoms with van der Waals surface area (Å²) in [5.41, 5.74) is 1.83. The predicted octanol–water partition coefficient (Wildman–Crippen LogP) is 3.56. The zero-order chi connectivity index (χ0) is 17.7. The van der Waals surface area contributed by atoms with E-state index in [1.54, 1.807) is 26.0 Å². The summed E-state index contributed by atoms with van der Waals surface area (Å²) in [5, 5.41) is 0. The van der Waals surface area contributed by atoms with Crippen LogP contribution in [0.25, 0.3) is 5.57 Å². The molecule has 0 aromatic carbocycles. The van der Waals surface area contributed by atoms with Crippen LogP contribution < -0.4 is 0 Å². The molecule has 1 aliphatic rings. The van der Waals surface area contributed by atoms with Crippen molar-refractivity contribution in [1.82, 2.24) is 4.98 Å². The Morgan fingerprint density at radius 3 is 2.42 bits per heavy atom. The highest BCUT2D eigenvalue weighted by molar-refractivity contribution is 5.88. The van der Waals surface area contributed by atoms with Gasteiger partial charge in [0.05, 0.1) is 23.8 Å². The first kappa shape index (κ1) is 17.9. The third-order valence-corrected chi connectivity index (χ3v) is 3.35. The second-order valence-corrected chi connectivity index (χ2v) is 6.21. The zero-order valence-electron chi connectivity index (χ0n) is 14.5. The van der Waals surface area contributed by atoms with Crippen molar-refractivity contribution in [3.63, 3.8) is 0 Å². The van der Waals surface area contributed by atoms with E-state index in [0.717, 1.165) is 5.57 Å². The Bertz CT molecular complexity index is 674. The standard InChI is InChI=1S/C19H23NO4/c1-12(2)23-18(21)15-10-8-14(9-11-15)16-6-5-7-17(20-16)19(22)24-13(3)4/h5-10,12-13,15H,11H2,1-4H3. The fourth-order valence-corrected chi connectivity index (χ4v) is 2.29. The van der Waals surface area contributed by atoms with Crippen molar-refractivity contribution in [2.24, 2.45) is 5.92 Å². The van der Waals surface area contributed by atoms with Crippen LogP contribution in [-0.4, -0.2) is 29.1 Å². The Morgan fingerprint density at radius 2 is 1.83 bits per heavy atom. The molecular weight excluding hydrogens is 306 g/mol. The molecule has 1 aliphatic carbocycles. The van der Waals surface area contributed by atoms with Crippen molar-refractivity contribution in [3.8, 4) is 0 Å². The van der Waals surface area contributed by atoms with E-state index >= 15 is 0 Å². The van der Waals surface area contributed by atoms with Crippen LogP contribution in [0.2, 0.25) is 0 Å². The van der Waals surface area contributed by atoms with Gasteiger partial charge in [0.25, 0.3) is 0 Å². The van der Waals surface area contributed by atoms with Crippen LogP contribution in [0.1, 0.15) is 50.3 Å². The van der Waals surface area contributed by atoms with Crippen molar-refractivity contribution in [1.29, 1.82) is 0 Å². The van der Waals surface area contributed by atoms with Crippen molar-refractivity contribution >= 4 is 17.5 Å². The first-order chi connectivity index (χ1) is 11.4. The van der Waals surface area contributed by atoms with E-state index in [1.807, 2.05) is 38.1 Å². The molecule has 1 aromatic heterocycles. The second-order valence-electron chi connectivity index (χ2n) is 6.21. The van der Waals surface area contributed by atoms with E-state index in [1.165, 1.54) is 0 Å². The molecule has 128 valence electrons. The summed E-state index contributed by atoms with van der Waals surface area (Å²) in [6.07, 6.45) is 5.84. The molecule has 0 spiro atoms. The minimum Gasteiger partial charge on any atom is -0.463 e. The predicted molar refractivity (Wildman–Crippen MR) is 91.2 cm³/mol. The van der Waals surface area contributed by atoms with Gasteiger partial charge < -0.3 is 9.47 Å². The summed E-state index contributed by atoms with van der Waals surface area (Å²) in [6.45, 7) is 7.25. The third-order valence-electron chi connectivity index (χ3n) is 3.35. The highest BCUT2D eigenvalue weighted by Gasteiger charge is 2.21. The Balaban J connectivity index is 2.08. The van der Waals surface area contributed by atoms with Gasteiger partial charge >= 0.3 is 11.9 Å². The molecule has 2 rings (SSSR count). The molecule has 0 aliphatic heterocycles. The number of ether oxygens (including phenoxy) is 2. The molecule has 5 heteroatoms. The maximum Gasteiger partial charge on any atom is 0.357 e. The topological polar surface area (TPSA) is 65.5 Å². The summed E-state index contributed by atoms with van der Waals surface area (Å²) >= 11 is 0. The number of pyridine rings is 1. The lowest BCUT2D eigenvalue weighted by Crippen LogP contribution is -2.20. The summed E-state index contributed by atoms with van der Waals surface area (Å²) in [6, 6.07) is 5.23. The van der Waals surface area contributed by atoms with Gasteiger partial charge in [-0.05, 0) is 51.8 Å². The average Bonchev–Trinajstić information content (AvgIpc) is 2.54. The molecule has 1 atom stereocenters. The fourth-order valence-electron chi connectivity index (χ4n) is 2.29. The molecule has 0 radical (unpaired) electrons. The van der Waals surface area contributed by atoms with Crippen LogP contribution in [0.5, 0.6) is 0 Å². The SMILES string of the molecule is CC(C)OC(=O)c1cccc(C2=CCC(C(=O)OC(C)C)C=C2)n1. The minimum absolute atomic E-state index is 0.124. The molecule has 0 saturated heterocycles. The van der Waals surface area contributed by atoms with Gasteiger partial charge in [0.15, 0.2) is 0 Å². The maximum atomic E-state index is 12.0. The van der Waals surface area contributed by atoms with E-state index in [0.29, 0.717) is 12.1 Å². The highest BCUT2D eigenvalue weighted by atomic mass is 16.5. The van der Waals surface area contributed by atoms with E-state index in [4.69, 9.17) is 9.47 Å². The van der Waals surface area contributed by atoms with Crippen LogP contribution in [-0.2, 0) is 14.3 Å². The number of hydrogen-bond donors (Lipinski definition) is 0. The number of nitrogens with zero attached hydrogens (tertiary/aromatic N) is 1. The lowest BCUT2D eigenvalue weighted by atomic mass is 9.95. The number of rotatable bonds is 5. The van der Waals surface area contributed by atoms with Gasteiger partial charge in [-0.1, -0.05) is 24.3 Å². The highest BCUT2D eigenvalue weighted by Crippen LogP contribution is 2.24. The average molecular weight is 329 g/mol. The third kappa shape index (κ3) is 4.78. The first-order valence-corrected chi connectivity index (χ1v) is 8.14. The number of carbonyl (C=O) groups excluding carboxylic acids is 2. The van der Waals surface area contributed by atoms with Gasteiger partial charge in [0.1, 0.15) is 5.69 Å². The minimum atomic E-state index is -0.439. The number of esters is 2. The molecule has 1 unspecified atom stereocenters. The molecule has 5 nitrogen and oxygen atoms in total. The lowest BCUT2D eigenvalue weighted by Gasteiger charge is -2.17. The van der Waals surface area contributed by atoms with Gasteiger partial charge in [-0.15, -0.1) is 0 Å². The van der Waals surface area contributed by atoms with Gasteiger partial charge in [-0.3, -0.25) is 4.79 Å². The van der Waals surface area contributed by atoms with Crippen LogP contribution in [0, 0.1) is 5.92 Å². The Hall–Kier alpha value is -2.43. The maximum absolute atomic E-state index is 12.0. The summed E-state index contributed by atoms with van der Waals surface area (Å²) in [7, 11) is 0. The molecular formula is C19H23NO4. The Kier molecular flexibility index (Phi) is 5.90. The van der Waals surface area contributed by atoms with Crippen molar-refractivity contribution in [2.45, 2.75) is 46.3 Å². The molecule has 24 heavy (non-hydrogen) atoms. The molecule has 0 saturated carbocycles. The number of aromatic nitrogens is 1. The fraction of sp³-hybridized carbons (Fsp3) is 0.421. The van der Waals surface area contributed by atoms with Gasteiger partial charge in [-0.2, -0.15) is 0 Å². The molecule has 0 amide bonds. The van der Waals surface area contributed by atoms with E-state index in [9.17, 15) is 9.59 Å². The van der Waals surface area contributed by atoms with E-state index < -0.39 is 5.97 Å². The van der Waals surface area contributed by atoms with Crippen molar-refractivity contribution in [2.75, 3.05) is 0 Å². The molecule has 0 N–H and O–H groups in total. The normalized spacial score (nSPS) is 16.9. The van der Waals surface area contributed by atoms with Crippen LogP contribution >= 0.6 is 0 Å². The molecule has 0 bridgehead atoms. The number of hydrogen-bond acceptors (Lipinski definition) is 5. The van der Waals surface area contributed by atoms with E-state index in [2.05, 4.69) is 4.98 Å².